The highest BCUT2D eigenvalue weighted by molar-refractivity contribution is 7.91. The van der Waals surface area contributed by atoms with Crippen molar-refractivity contribution in [1.82, 2.24) is 14.7 Å². The first-order valence-electron chi connectivity index (χ1n) is 11.4. The van der Waals surface area contributed by atoms with Crippen molar-refractivity contribution in [3.05, 3.63) is 89.1 Å². The zero-order valence-electron chi connectivity index (χ0n) is 19.5. The van der Waals surface area contributed by atoms with E-state index in [-0.39, 0.29) is 34.6 Å². The number of aromatic nitrogens is 2. The van der Waals surface area contributed by atoms with Crippen molar-refractivity contribution >= 4 is 27.7 Å². The zero-order valence-corrected chi connectivity index (χ0v) is 20.3. The third-order valence-electron chi connectivity index (χ3n) is 6.46. The van der Waals surface area contributed by atoms with Crippen molar-refractivity contribution in [2.75, 3.05) is 11.5 Å². The molecule has 3 heterocycles. The molecule has 9 heteroatoms. The molecule has 1 saturated heterocycles. The van der Waals surface area contributed by atoms with E-state index in [1.54, 1.807) is 23.9 Å². The van der Waals surface area contributed by atoms with Crippen LogP contribution in [0.3, 0.4) is 0 Å². The number of nitrogens with zero attached hydrogens (tertiary/aromatic N) is 4. The van der Waals surface area contributed by atoms with E-state index in [1.165, 1.54) is 0 Å². The Hall–Kier alpha value is -4.29. The number of carbonyl (C=O) groups is 2. The lowest BCUT2D eigenvalue weighted by atomic mass is 9.92. The van der Waals surface area contributed by atoms with E-state index in [1.807, 2.05) is 66.7 Å². The average molecular weight is 499 g/mol. The van der Waals surface area contributed by atoms with Gasteiger partial charge in [-0.1, -0.05) is 48.5 Å². The summed E-state index contributed by atoms with van der Waals surface area (Å²) in [4.78, 5) is 27.6. The van der Waals surface area contributed by atoms with Crippen LogP contribution in [-0.2, 0) is 19.4 Å². The van der Waals surface area contributed by atoms with E-state index < -0.39 is 27.7 Å². The average Bonchev–Trinajstić information content (AvgIpc) is 3.46. The van der Waals surface area contributed by atoms with Gasteiger partial charge >= 0.3 is 0 Å². The summed E-state index contributed by atoms with van der Waals surface area (Å²) in [6, 6.07) is 20.1. The summed E-state index contributed by atoms with van der Waals surface area (Å²) in [6.45, 7) is 1.56. The highest BCUT2D eigenvalue weighted by atomic mass is 32.2. The third kappa shape index (κ3) is 4.16. The van der Waals surface area contributed by atoms with Gasteiger partial charge in [0.1, 0.15) is 11.6 Å². The Balaban J connectivity index is 1.67. The molecule has 1 fully saturated rings. The maximum atomic E-state index is 13.6. The molecule has 2 aliphatic heterocycles. The van der Waals surface area contributed by atoms with Crippen LogP contribution in [0.4, 0.5) is 0 Å². The molecule has 36 heavy (non-hydrogen) atoms. The molecule has 0 N–H and O–H groups in total. The van der Waals surface area contributed by atoms with Crippen LogP contribution in [0.1, 0.15) is 18.9 Å². The number of imide groups is 1. The molecule has 0 spiro atoms. The first kappa shape index (κ1) is 23.5. The molecule has 1 aromatic heterocycles. The summed E-state index contributed by atoms with van der Waals surface area (Å²) in [5.74, 6) is -1.75. The number of rotatable bonds is 4. The molecule has 1 atom stereocenters. The summed E-state index contributed by atoms with van der Waals surface area (Å²) in [6.07, 6.45) is 3.58. The molecule has 180 valence electrons. The van der Waals surface area contributed by atoms with E-state index >= 15 is 0 Å². The molecule has 0 bridgehead atoms. The van der Waals surface area contributed by atoms with Crippen molar-refractivity contribution in [3.8, 4) is 23.0 Å². The summed E-state index contributed by atoms with van der Waals surface area (Å²) in [7, 11) is -3.35. The number of hydrogen-bond acceptors (Lipinski definition) is 6. The Labute approximate surface area is 208 Å². The summed E-state index contributed by atoms with van der Waals surface area (Å²) >= 11 is 0. The van der Waals surface area contributed by atoms with Crippen molar-refractivity contribution in [1.29, 1.82) is 5.26 Å². The second-order valence-corrected chi connectivity index (χ2v) is 11.0. The van der Waals surface area contributed by atoms with Gasteiger partial charge in [0.15, 0.2) is 9.84 Å². The molecular weight excluding hydrogens is 476 g/mol. The molecular formula is C27H22N4O4S. The second-order valence-electron chi connectivity index (χ2n) is 8.79. The Morgan fingerprint density at radius 1 is 1.03 bits per heavy atom. The Morgan fingerprint density at radius 2 is 1.69 bits per heavy atom. The van der Waals surface area contributed by atoms with Gasteiger partial charge in [0.05, 0.1) is 28.9 Å². The molecule has 3 aromatic rings. The lowest BCUT2D eigenvalue weighted by Crippen LogP contribution is -2.49. The van der Waals surface area contributed by atoms with Gasteiger partial charge < -0.3 is 0 Å². The molecule has 0 saturated carbocycles. The van der Waals surface area contributed by atoms with Crippen molar-refractivity contribution < 1.29 is 18.0 Å². The number of nitriles is 1. The highest BCUT2D eigenvalue weighted by Gasteiger charge is 2.43. The normalized spacial score (nSPS) is 20.7. The minimum Gasteiger partial charge on any atom is -0.270 e. The van der Waals surface area contributed by atoms with Crippen molar-refractivity contribution in [3.63, 3.8) is 0 Å². The van der Waals surface area contributed by atoms with Gasteiger partial charge in [-0.25, -0.2) is 13.1 Å². The van der Waals surface area contributed by atoms with Crippen LogP contribution in [0.15, 0.2) is 83.6 Å². The van der Waals surface area contributed by atoms with Crippen LogP contribution < -0.4 is 0 Å². The van der Waals surface area contributed by atoms with Gasteiger partial charge in [-0.2, -0.15) is 10.4 Å². The minimum atomic E-state index is -3.35. The monoisotopic (exact) mass is 498 g/mol. The Kier molecular flexibility index (Phi) is 5.90. The lowest BCUT2D eigenvalue weighted by Gasteiger charge is -2.31. The Bertz CT molecular complexity index is 1580. The van der Waals surface area contributed by atoms with Crippen molar-refractivity contribution in [2.24, 2.45) is 0 Å². The lowest BCUT2D eigenvalue weighted by molar-refractivity contribution is -0.142. The van der Waals surface area contributed by atoms with E-state index in [9.17, 15) is 23.3 Å². The molecule has 2 aromatic carbocycles. The maximum absolute atomic E-state index is 13.6. The highest BCUT2D eigenvalue weighted by Crippen LogP contribution is 2.33. The van der Waals surface area contributed by atoms with Gasteiger partial charge in [0.2, 0.25) is 0 Å². The first-order valence-corrected chi connectivity index (χ1v) is 13.2. The van der Waals surface area contributed by atoms with Crippen LogP contribution in [0.5, 0.6) is 0 Å². The topological polar surface area (TPSA) is 113 Å². The van der Waals surface area contributed by atoms with E-state index in [0.717, 1.165) is 16.2 Å². The van der Waals surface area contributed by atoms with Crippen LogP contribution >= 0.6 is 0 Å². The molecule has 8 nitrogen and oxygen atoms in total. The third-order valence-corrected chi connectivity index (χ3v) is 8.21. The summed E-state index contributed by atoms with van der Waals surface area (Å²) in [5.41, 5.74) is 3.17. The van der Waals surface area contributed by atoms with Gasteiger partial charge in [-0.15, -0.1) is 0 Å². The maximum Gasteiger partial charge on any atom is 0.271 e. The molecule has 2 amide bonds. The second kappa shape index (κ2) is 9.06. The largest absolute Gasteiger partial charge is 0.271 e. The number of benzene rings is 2. The van der Waals surface area contributed by atoms with Gasteiger partial charge in [-0.05, 0) is 37.1 Å². The van der Waals surface area contributed by atoms with Crippen LogP contribution in [0, 0.1) is 11.3 Å². The van der Waals surface area contributed by atoms with Crippen LogP contribution in [0.2, 0.25) is 0 Å². The molecule has 0 unspecified atom stereocenters. The zero-order chi connectivity index (χ0) is 25.4. The fraction of sp³-hybridized carbons (Fsp3) is 0.185. The first-order chi connectivity index (χ1) is 17.3. The van der Waals surface area contributed by atoms with Gasteiger partial charge in [0.25, 0.3) is 11.8 Å². The van der Waals surface area contributed by atoms with E-state index in [0.29, 0.717) is 11.3 Å². The predicted octanol–water partition coefficient (Wildman–Crippen LogP) is 3.32. The van der Waals surface area contributed by atoms with Crippen molar-refractivity contribution in [2.45, 2.75) is 19.4 Å². The fourth-order valence-electron chi connectivity index (χ4n) is 4.59. The summed E-state index contributed by atoms with van der Waals surface area (Å²) < 4.78 is 25.9. The fourth-order valence-corrected chi connectivity index (χ4v) is 6.29. The van der Waals surface area contributed by atoms with Crippen LogP contribution in [0.25, 0.3) is 23.0 Å². The number of para-hydroxylation sites is 1. The standard InChI is InChI=1S/C27H22N4O4S/c1-18-23(26(32)31(27(33)24(18)15-28)22-12-13-36(34,35)17-22)14-20-16-30(21-10-6-3-7-11-21)29-25(20)19-8-4-2-5-9-19/h2-11,14,16,22H,12-13,17H2,1H3/b23-14-/t22-/m0/s1. The summed E-state index contributed by atoms with van der Waals surface area (Å²) in [5, 5.41) is 14.5. The number of sulfone groups is 1. The van der Waals surface area contributed by atoms with Gasteiger partial charge in [-0.3, -0.25) is 14.5 Å². The molecule has 5 rings (SSSR count). The Morgan fingerprint density at radius 3 is 2.31 bits per heavy atom. The number of hydrogen-bond donors (Lipinski definition) is 0. The SMILES string of the molecule is CC1=C(C#N)C(=O)N([C@H]2CCS(=O)(=O)C2)C(=O)/C1=C\c1cn(-c2ccccc2)nc1-c1ccccc1. The van der Waals surface area contributed by atoms with Gasteiger partial charge in [0, 0.05) is 22.9 Å². The van der Waals surface area contributed by atoms with E-state index in [2.05, 4.69) is 0 Å². The number of carbonyl (C=O) groups excluding carboxylic acids is 2. The van der Waals surface area contributed by atoms with E-state index in [4.69, 9.17) is 5.10 Å². The quantitative estimate of drug-likeness (QED) is 0.403. The number of amides is 2. The molecule has 2 aliphatic rings. The molecule has 0 radical (unpaired) electrons. The van der Waals surface area contributed by atoms with Crippen LogP contribution in [-0.4, -0.2) is 52.5 Å². The minimum absolute atomic E-state index is 0.0969. The predicted molar refractivity (Wildman–Crippen MR) is 134 cm³/mol. The smallest absolute Gasteiger partial charge is 0.270 e. The molecule has 0 aliphatic carbocycles.